The first-order valence-electron chi connectivity index (χ1n) is 6.57. The predicted molar refractivity (Wildman–Crippen MR) is 86.5 cm³/mol. The van der Waals surface area contributed by atoms with E-state index in [1.54, 1.807) is 17.0 Å². The van der Waals surface area contributed by atoms with E-state index in [2.05, 4.69) is 0 Å². The molecule has 110 valence electrons. The third kappa shape index (κ3) is 2.67. The zero-order valence-corrected chi connectivity index (χ0v) is 13.9. The molecule has 1 amide bonds. The molecule has 0 bridgehead atoms. The molecule has 1 heterocycles. The molecule has 3 unspecified atom stereocenters. The van der Waals surface area contributed by atoms with Crippen LogP contribution >= 0.6 is 35.0 Å². The molecule has 2 fully saturated rings. The van der Waals surface area contributed by atoms with Crippen molar-refractivity contribution in [2.24, 2.45) is 17.6 Å². The average Bonchev–Trinajstić information content (AvgIpc) is 2.92. The topological polar surface area (TPSA) is 46.3 Å². The van der Waals surface area contributed by atoms with Crippen molar-refractivity contribution < 1.29 is 9.18 Å². The number of carbonyl (C=O) groups is 1. The van der Waals surface area contributed by atoms with Gasteiger partial charge in [-0.3, -0.25) is 4.79 Å². The second-order valence-corrected chi connectivity index (χ2v) is 6.63. The molecule has 1 saturated carbocycles. The minimum Gasteiger partial charge on any atom is -0.338 e. The number of rotatable bonds is 1. The summed E-state index contributed by atoms with van der Waals surface area (Å²) in [7, 11) is 0. The molecule has 3 nitrogen and oxygen atoms in total. The first-order chi connectivity index (χ1) is 9.08. The number of benzene rings is 1. The van der Waals surface area contributed by atoms with Gasteiger partial charge in [-0.25, -0.2) is 4.39 Å². The van der Waals surface area contributed by atoms with Gasteiger partial charge in [0.1, 0.15) is 5.82 Å². The highest BCUT2D eigenvalue weighted by atomic mass is 127. The number of nitrogens with zero attached hydrogens (tertiary/aromatic N) is 1. The standard InChI is InChI=1S/C14H16FIN2O.ClH/c15-10-2-1-3-11(16)13(10)14(19)18-6-8-4-5-12(17)9(8)7-18;/h1-3,8-9,12H,4-7,17H2;1H. The van der Waals surface area contributed by atoms with Crippen molar-refractivity contribution in [2.45, 2.75) is 18.9 Å². The number of carbonyl (C=O) groups excluding carboxylic acids is 1. The van der Waals surface area contributed by atoms with E-state index in [9.17, 15) is 9.18 Å². The van der Waals surface area contributed by atoms with E-state index in [4.69, 9.17) is 5.73 Å². The quantitative estimate of drug-likeness (QED) is 0.724. The Kier molecular flexibility index (Phi) is 4.92. The molecule has 0 spiro atoms. The van der Waals surface area contributed by atoms with Crippen LogP contribution in [-0.4, -0.2) is 29.9 Å². The summed E-state index contributed by atoms with van der Waals surface area (Å²) in [6, 6.07) is 4.93. The van der Waals surface area contributed by atoms with Gasteiger partial charge in [-0.05, 0) is 59.4 Å². The van der Waals surface area contributed by atoms with Gasteiger partial charge in [0.25, 0.3) is 5.91 Å². The highest BCUT2D eigenvalue weighted by molar-refractivity contribution is 14.1. The van der Waals surface area contributed by atoms with Gasteiger partial charge in [0.05, 0.1) is 5.56 Å². The number of halogens is 3. The van der Waals surface area contributed by atoms with Crippen molar-refractivity contribution in [2.75, 3.05) is 13.1 Å². The molecule has 3 atom stereocenters. The number of fused-ring (bicyclic) bond motifs is 1. The van der Waals surface area contributed by atoms with Crippen LogP contribution in [0, 0.1) is 21.2 Å². The summed E-state index contributed by atoms with van der Waals surface area (Å²) >= 11 is 2.01. The van der Waals surface area contributed by atoms with E-state index >= 15 is 0 Å². The molecule has 6 heteroatoms. The average molecular weight is 411 g/mol. The summed E-state index contributed by atoms with van der Waals surface area (Å²) < 4.78 is 14.5. The van der Waals surface area contributed by atoms with Crippen LogP contribution in [0.15, 0.2) is 18.2 Å². The Labute approximate surface area is 137 Å². The number of likely N-dealkylation sites (tertiary alicyclic amines) is 1. The van der Waals surface area contributed by atoms with Gasteiger partial charge in [-0.1, -0.05) is 6.07 Å². The summed E-state index contributed by atoms with van der Waals surface area (Å²) in [5.41, 5.74) is 6.27. The highest BCUT2D eigenvalue weighted by Gasteiger charge is 2.43. The van der Waals surface area contributed by atoms with Gasteiger partial charge in [0.2, 0.25) is 0 Å². The number of hydrogen-bond donors (Lipinski definition) is 1. The first kappa shape index (κ1) is 16.0. The number of hydrogen-bond acceptors (Lipinski definition) is 2. The Bertz CT molecular complexity index is 508. The van der Waals surface area contributed by atoms with Crippen molar-refractivity contribution in [3.63, 3.8) is 0 Å². The van der Waals surface area contributed by atoms with Crippen LogP contribution in [0.3, 0.4) is 0 Å². The summed E-state index contributed by atoms with van der Waals surface area (Å²) in [5.74, 6) is 0.277. The molecule has 20 heavy (non-hydrogen) atoms. The molecule has 0 radical (unpaired) electrons. The Morgan fingerprint density at radius 1 is 1.35 bits per heavy atom. The summed E-state index contributed by atoms with van der Waals surface area (Å²) in [6.45, 7) is 1.40. The van der Waals surface area contributed by atoms with Crippen molar-refractivity contribution in [3.8, 4) is 0 Å². The molecule has 1 aromatic rings. The van der Waals surface area contributed by atoms with Crippen LogP contribution in [0.2, 0.25) is 0 Å². The van der Waals surface area contributed by atoms with Crippen LogP contribution < -0.4 is 5.73 Å². The van der Waals surface area contributed by atoms with Crippen LogP contribution in [0.5, 0.6) is 0 Å². The van der Waals surface area contributed by atoms with E-state index in [0.29, 0.717) is 22.0 Å². The molecule has 1 aliphatic carbocycles. The minimum absolute atomic E-state index is 0. The third-order valence-corrected chi connectivity index (χ3v) is 5.28. The maximum absolute atomic E-state index is 13.8. The fraction of sp³-hybridized carbons (Fsp3) is 0.500. The second kappa shape index (κ2) is 6.15. The van der Waals surface area contributed by atoms with Gasteiger partial charge in [-0.2, -0.15) is 0 Å². The zero-order chi connectivity index (χ0) is 13.6. The summed E-state index contributed by atoms with van der Waals surface area (Å²) in [4.78, 5) is 14.2. The fourth-order valence-corrected chi connectivity index (χ4v) is 4.03. The SMILES string of the molecule is Cl.NC1CCC2CN(C(=O)c3c(F)cccc3I)CC12. The first-order valence-corrected chi connectivity index (χ1v) is 7.64. The van der Waals surface area contributed by atoms with Gasteiger partial charge < -0.3 is 10.6 Å². The highest BCUT2D eigenvalue weighted by Crippen LogP contribution is 2.37. The molecule has 0 aromatic heterocycles. The van der Waals surface area contributed by atoms with Crippen molar-refractivity contribution in [1.82, 2.24) is 4.90 Å². The number of nitrogens with two attached hydrogens (primary N) is 1. The van der Waals surface area contributed by atoms with Crippen molar-refractivity contribution in [3.05, 3.63) is 33.1 Å². The molecular weight excluding hydrogens is 394 g/mol. The van der Waals surface area contributed by atoms with Crippen LogP contribution in [0.1, 0.15) is 23.2 Å². The molecule has 2 aliphatic rings. The lowest BCUT2D eigenvalue weighted by Crippen LogP contribution is -2.34. The zero-order valence-electron chi connectivity index (χ0n) is 10.9. The molecule has 2 N–H and O–H groups in total. The van der Waals surface area contributed by atoms with Gasteiger partial charge in [0.15, 0.2) is 0 Å². The van der Waals surface area contributed by atoms with E-state index in [1.165, 1.54) is 6.07 Å². The minimum atomic E-state index is -0.432. The van der Waals surface area contributed by atoms with E-state index in [1.807, 2.05) is 22.6 Å². The van der Waals surface area contributed by atoms with Crippen molar-refractivity contribution in [1.29, 1.82) is 0 Å². The summed E-state index contributed by atoms with van der Waals surface area (Å²) in [5, 5.41) is 0. The van der Waals surface area contributed by atoms with Gasteiger partial charge in [0, 0.05) is 22.7 Å². The Balaban J connectivity index is 0.00000147. The lowest BCUT2D eigenvalue weighted by molar-refractivity contribution is 0.0774. The van der Waals surface area contributed by atoms with E-state index < -0.39 is 5.82 Å². The normalized spacial score (nSPS) is 28.1. The van der Waals surface area contributed by atoms with Crippen molar-refractivity contribution >= 4 is 40.9 Å². The lowest BCUT2D eigenvalue weighted by atomic mass is 9.98. The second-order valence-electron chi connectivity index (χ2n) is 5.47. The van der Waals surface area contributed by atoms with Gasteiger partial charge >= 0.3 is 0 Å². The Hall–Kier alpha value is -0.400. The number of amides is 1. The molecule has 1 aromatic carbocycles. The fourth-order valence-electron chi connectivity index (χ4n) is 3.33. The maximum Gasteiger partial charge on any atom is 0.257 e. The smallest absolute Gasteiger partial charge is 0.257 e. The van der Waals surface area contributed by atoms with E-state index in [-0.39, 0.29) is 29.9 Å². The molecular formula is C14H17ClFIN2O. The molecule has 1 aliphatic heterocycles. The van der Waals surface area contributed by atoms with Crippen LogP contribution in [0.4, 0.5) is 4.39 Å². The Morgan fingerprint density at radius 3 is 2.75 bits per heavy atom. The lowest BCUT2D eigenvalue weighted by Gasteiger charge is -2.19. The largest absolute Gasteiger partial charge is 0.338 e. The monoisotopic (exact) mass is 410 g/mol. The summed E-state index contributed by atoms with van der Waals surface area (Å²) in [6.07, 6.45) is 2.14. The maximum atomic E-state index is 13.8. The molecule has 3 rings (SSSR count). The van der Waals surface area contributed by atoms with E-state index in [0.717, 1.165) is 19.4 Å². The van der Waals surface area contributed by atoms with Gasteiger partial charge in [-0.15, -0.1) is 12.4 Å². The van der Waals surface area contributed by atoms with Crippen LogP contribution in [-0.2, 0) is 0 Å². The predicted octanol–water partition coefficient (Wildman–Crippen LogP) is 2.66. The third-order valence-electron chi connectivity index (χ3n) is 4.38. The Morgan fingerprint density at radius 2 is 2.10 bits per heavy atom. The molecule has 1 saturated heterocycles. The van der Waals surface area contributed by atoms with Crippen LogP contribution in [0.25, 0.3) is 0 Å².